The summed E-state index contributed by atoms with van der Waals surface area (Å²) >= 11 is 0. The van der Waals surface area contributed by atoms with Crippen molar-refractivity contribution in [3.8, 4) is 5.75 Å². The first-order valence-corrected chi connectivity index (χ1v) is 4.91. The second kappa shape index (κ2) is 3.77. The summed E-state index contributed by atoms with van der Waals surface area (Å²) in [6.07, 6.45) is 4.52. The van der Waals surface area contributed by atoms with Gasteiger partial charge in [0, 0.05) is 25.9 Å². The van der Waals surface area contributed by atoms with Crippen LogP contribution in [0.15, 0.2) is 30.6 Å². The van der Waals surface area contributed by atoms with Crippen LogP contribution in [0.25, 0.3) is 0 Å². The van der Waals surface area contributed by atoms with Gasteiger partial charge in [0.05, 0.1) is 0 Å². The van der Waals surface area contributed by atoms with Crippen LogP contribution in [0.2, 0.25) is 0 Å². The van der Waals surface area contributed by atoms with Gasteiger partial charge in [-0.05, 0) is 24.1 Å². The van der Waals surface area contributed by atoms with Crippen LogP contribution >= 0.6 is 0 Å². The van der Waals surface area contributed by atoms with Crippen molar-refractivity contribution in [2.24, 2.45) is 7.05 Å². The minimum atomic E-state index is 0.346. The van der Waals surface area contributed by atoms with Gasteiger partial charge in [-0.25, -0.2) is 4.98 Å². The highest BCUT2D eigenvalue weighted by Crippen LogP contribution is 2.18. The van der Waals surface area contributed by atoms with Gasteiger partial charge in [0.2, 0.25) is 0 Å². The highest BCUT2D eigenvalue weighted by molar-refractivity contribution is 5.35. The van der Waals surface area contributed by atoms with E-state index in [0.717, 1.165) is 17.8 Å². The highest BCUT2D eigenvalue weighted by atomic mass is 16.3. The standard InChI is InChI=1S/C12H14N2O/c1-9-7-10(3-4-11(9)15)8-12-13-5-6-14(12)2/h3-7,15H,8H2,1-2H3. The summed E-state index contributed by atoms with van der Waals surface area (Å²) in [4.78, 5) is 4.26. The van der Waals surface area contributed by atoms with Gasteiger partial charge in [0.25, 0.3) is 0 Å². The minimum Gasteiger partial charge on any atom is -0.508 e. The summed E-state index contributed by atoms with van der Waals surface area (Å²) in [5.74, 6) is 1.37. The van der Waals surface area contributed by atoms with Gasteiger partial charge in [-0.2, -0.15) is 0 Å². The van der Waals surface area contributed by atoms with Crippen LogP contribution in [0.3, 0.4) is 0 Å². The Hall–Kier alpha value is -1.77. The van der Waals surface area contributed by atoms with Crippen molar-refractivity contribution in [2.75, 3.05) is 0 Å². The second-order valence-electron chi connectivity index (χ2n) is 3.75. The molecule has 0 fully saturated rings. The minimum absolute atomic E-state index is 0.346. The maximum absolute atomic E-state index is 9.40. The molecule has 0 unspecified atom stereocenters. The lowest BCUT2D eigenvalue weighted by molar-refractivity contribution is 0.471. The Kier molecular flexibility index (Phi) is 2.46. The molecule has 0 bridgehead atoms. The molecule has 1 aromatic heterocycles. The summed E-state index contributed by atoms with van der Waals surface area (Å²) in [6.45, 7) is 1.90. The van der Waals surface area contributed by atoms with Gasteiger partial charge in [0.1, 0.15) is 11.6 Å². The molecule has 1 heterocycles. The van der Waals surface area contributed by atoms with Crippen molar-refractivity contribution < 1.29 is 5.11 Å². The Morgan fingerprint density at radius 3 is 2.80 bits per heavy atom. The first-order valence-electron chi connectivity index (χ1n) is 4.91. The van der Waals surface area contributed by atoms with Crippen LogP contribution < -0.4 is 0 Å². The Balaban J connectivity index is 2.25. The maximum Gasteiger partial charge on any atom is 0.118 e. The largest absolute Gasteiger partial charge is 0.508 e. The molecule has 0 saturated heterocycles. The third-order valence-electron chi connectivity index (χ3n) is 2.54. The fourth-order valence-corrected chi connectivity index (χ4v) is 1.58. The summed E-state index contributed by atoms with van der Waals surface area (Å²) in [7, 11) is 1.98. The average Bonchev–Trinajstić information content (AvgIpc) is 2.59. The summed E-state index contributed by atoms with van der Waals surface area (Å²) < 4.78 is 2.00. The quantitative estimate of drug-likeness (QED) is 0.809. The average molecular weight is 202 g/mol. The van der Waals surface area contributed by atoms with Crippen LogP contribution in [0.1, 0.15) is 17.0 Å². The lowest BCUT2D eigenvalue weighted by atomic mass is 10.1. The Morgan fingerprint density at radius 1 is 1.40 bits per heavy atom. The number of nitrogens with zero attached hydrogens (tertiary/aromatic N) is 2. The third-order valence-corrected chi connectivity index (χ3v) is 2.54. The molecule has 2 rings (SSSR count). The molecule has 3 nitrogen and oxygen atoms in total. The smallest absolute Gasteiger partial charge is 0.118 e. The van der Waals surface area contributed by atoms with Crippen molar-refractivity contribution in [1.82, 2.24) is 9.55 Å². The lowest BCUT2D eigenvalue weighted by Crippen LogP contribution is -1.98. The summed E-state index contributed by atoms with van der Waals surface area (Å²) in [5, 5.41) is 9.40. The number of rotatable bonds is 2. The van der Waals surface area contributed by atoms with Gasteiger partial charge in [-0.1, -0.05) is 12.1 Å². The van der Waals surface area contributed by atoms with Crippen LogP contribution in [-0.2, 0) is 13.5 Å². The number of aromatic nitrogens is 2. The zero-order chi connectivity index (χ0) is 10.8. The molecular weight excluding hydrogens is 188 g/mol. The van der Waals surface area contributed by atoms with Crippen molar-refractivity contribution in [3.63, 3.8) is 0 Å². The van der Waals surface area contributed by atoms with Crippen molar-refractivity contribution >= 4 is 0 Å². The number of hydrogen-bond acceptors (Lipinski definition) is 2. The number of aryl methyl sites for hydroxylation is 2. The molecular formula is C12H14N2O. The number of phenolic OH excluding ortho intramolecular Hbond substituents is 1. The van der Waals surface area contributed by atoms with E-state index in [-0.39, 0.29) is 0 Å². The zero-order valence-electron chi connectivity index (χ0n) is 8.94. The first kappa shape index (κ1) is 9.77. The molecule has 0 atom stereocenters. The van der Waals surface area contributed by atoms with E-state index >= 15 is 0 Å². The summed E-state index contributed by atoms with van der Waals surface area (Å²) in [6, 6.07) is 5.65. The van der Waals surface area contributed by atoms with Crippen molar-refractivity contribution in [3.05, 3.63) is 47.5 Å². The highest BCUT2D eigenvalue weighted by Gasteiger charge is 2.03. The maximum atomic E-state index is 9.40. The van der Waals surface area contributed by atoms with Crippen molar-refractivity contribution in [2.45, 2.75) is 13.3 Å². The number of hydrogen-bond donors (Lipinski definition) is 1. The SMILES string of the molecule is Cc1cc(Cc2nccn2C)ccc1O. The van der Waals surface area contributed by atoms with Crippen LogP contribution in [0, 0.1) is 6.92 Å². The summed E-state index contributed by atoms with van der Waals surface area (Å²) in [5.41, 5.74) is 2.07. The Bertz CT molecular complexity index is 474. The van der Waals surface area contributed by atoms with Crippen LogP contribution in [-0.4, -0.2) is 14.7 Å². The molecule has 0 aliphatic rings. The molecule has 15 heavy (non-hydrogen) atoms. The molecule has 0 saturated carbocycles. The molecule has 1 N–H and O–H groups in total. The van der Waals surface area contributed by atoms with Crippen LogP contribution in [0.5, 0.6) is 5.75 Å². The zero-order valence-corrected chi connectivity index (χ0v) is 8.94. The molecule has 0 aliphatic carbocycles. The fourth-order valence-electron chi connectivity index (χ4n) is 1.58. The second-order valence-corrected chi connectivity index (χ2v) is 3.75. The van der Waals surface area contributed by atoms with E-state index in [1.54, 1.807) is 12.3 Å². The Morgan fingerprint density at radius 2 is 2.20 bits per heavy atom. The van der Waals surface area contributed by atoms with Gasteiger partial charge in [-0.15, -0.1) is 0 Å². The van der Waals surface area contributed by atoms with E-state index in [1.165, 1.54) is 5.56 Å². The topological polar surface area (TPSA) is 38.0 Å². The molecule has 1 aromatic carbocycles. The lowest BCUT2D eigenvalue weighted by Gasteiger charge is -2.04. The molecule has 0 amide bonds. The van der Waals surface area contributed by atoms with Gasteiger partial charge < -0.3 is 9.67 Å². The van der Waals surface area contributed by atoms with Crippen LogP contribution in [0.4, 0.5) is 0 Å². The molecule has 0 radical (unpaired) electrons. The third kappa shape index (κ3) is 2.01. The number of imidazole rings is 1. The van der Waals surface area contributed by atoms with E-state index in [0.29, 0.717) is 5.75 Å². The van der Waals surface area contributed by atoms with E-state index in [4.69, 9.17) is 0 Å². The van der Waals surface area contributed by atoms with E-state index in [9.17, 15) is 5.11 Å². The van der Waals surface area contributed by atoms with Gasteiger partial charge >= 0.3 is 0 Å². The normalized spacial score (nSPS) is 10.5. The van der Waals surface area contributed by atoms with E-state index in [1.807, 2.05) is 36.9 Å². The number of phenols is 1. The number of aromatic hydroxyl groups is 1. The predicted molar refractivity (Wildman–Crippen MR) is 58.9 cm³/mol. The fraction of sp³-hybridized carbons (Fsp3) is 0.250. The number of benzene rings is 1. The van der Waals surface area contributed by atoms with E-state index in [2.05, 4.69) is 4.98 Å². The predicted octanol–water partition coefficient (Wildman–Crippen LogP) is 2.02. The molecule has 3 heteroatoms. The van der Waals surface area contributed by atoms with Gasteiger partial charge in [-0.3, -0.25) is 0 Å². The molecule has 0 aliphatic heterocycles. The Labute approximate surface area is 89.0 Å². The van der Waals surface area contributed by atoms with Gasteiger partial charge in [0.15, 0.2) is 0 Å². The monoisotopic (exact) mass is 202 g/mol. The first-order chi connectivity index (χ1) is 7.16. The van der Waals surface area contributed by atoms with E-state index < -0.39 is 0 Å². The molecule has 0 spiro atoms. The van der Waals surface area contributed by atoms with Crippen molar-refractivity contribution in [1.29, 1.82) is 0 Å². The molecule has 78 valence electrons. The molecule has 2 aromatic rings.